The first-order valence-electron chi connectivity index (χ1n) is 4.89. The van der Waals surface area contributed by atoms with Crippen molar-refractivity contribution in [3.63, 3.8) is 0 Å². The minimum absolute atomic E-state index is 0.0490. The molecule has 0 radical (unpaired) electrons. The number of carbonyl (C=O) groups is 1. The van der Waals surface area contributed by atoms with Crippen molar-refractivity contribution in [2.24, 2.45) is 0 Å². The molecule has 1 fully saturated rings. The third-order valence-electron chi connectivity index (χ3n) is 2.29. The van der Waals surface area contributed by atoms with Gasteiger partial charge in [0.1, 0.15) is 5.82 Å². The number of hydrogen-bond donors (Lipinski definition) is 0. The molecule has 0 unspecified atom stereocenters. The molecule has 0 saturated carbocycles. The van der Waals surface area contributed by atoms with Gasteiger partial charge < -0.3 is 9.47 Å². The van der Waals surface area contributed by atoms with Gasteiger partial charge in [0.25, 0.3) is 0 Å². The highest BCUT2D eigenvalue weighted by Crippen LogP contribution is 2.21. The molecule has 0 spiro atoms. The molecule has 1 aromatic rings. The zero-order valence-electron chi connectivity index (χ0n) is 8.41. The average molecular weight is 289 g/mol. The molecule has 3 nitrogen and oxygen atoms in total. The monoisotopic (exact) mass is 288 g/mol. The van der Waals surface area contributed by atoms with Gasteiger partial charge in [0.15, 0.2) is 12.1 Å². The van der Waals surface area contributed by atoms with Crippen LogP contribution in [0.25, 0.3) is 0 Å². The molecular weight excluding hydrogens is 279 g/mol. The SMILES string of the molecule is O=C(CC1OCCO1)c1cccc(Br)c1F. The Kier molecular flexibility index (Phi) is 3.68. The smallest absolute Gasteiger partial charge is 0.170 e. The van der Waals surface area contributed by atoms with Gasteiger partial charge in [-0.3, -0.25) is 4.79 Å². The van der Waals surface area contributed by atoms with Crippen molar-refractivity contribution in [1.82, 2.24) is 0 Å². The van der Waals surface area contributed by atoms with Crippen LogP contribution >= 0.6 is 15.9 Å². The van der Waals surface area contributed by atoms with Crippen LogP contribution in [0.15, 0.2) is 22.7 Å². The zero-order chi connectivity index (χ0) is 11.5. The van der Waals surface area contributed by atoms with E-state index in [9.17, 15) is 9.18 Å². The number of hydrogen-bond acceptors (Lipinski definition) is 3. The molecule has 86 valence electrons. The number of benzene rings is 1. The summed E-state index contributed by atoms with van der Waals surface area (Å²) in [5, 5.41) is 0. The molecule has 1 aliphatic heterocycles. The van der Waals surface area contributed by atoms with Crippen LogP contribution < -0.4 is 0 Å². The Morgan fingerprint density at radius 2 is 2.12 bits per heavy atom. The molecule has 1 aliphatic rings. The van der Waals surface area contributed by atoms with E-state index in [0.29, 0.717) is 13.2 Å². The first-order chi connectivity index (χ1) is 7.68. The summed E-state index contributed by atoms with van der Waals surface area (Å²) >= 11 is 3.04. The molecule has 0 amide bonds. The van der Waals surface area contributed by atoms with Crippen molar-refractivity contribution in [1.29, 1.82) is 0 Å². The van der Waals surface area contributed by atoms with Crippen molar-refractivity contribution >= 4 is 21.7 Å². The topological polar surface area (TPSA) is 35.5 Å². The van der Waals surface area contributed by atoms with Gasteiger partial charge in [0.05, 0.1) is 29.7 Å². The lowest BCUT2D eigenvalue weighted by Crippen LogP contribution is -2.15. The van der Waals surface area contributed by atoms with Crippen LogP contribution in [0, 0.1) is 5.82 Å². The Bertz CT molecular complexity index is 402. The fourth-order valence-electron chi connectivity index (χ4n) is 1.51. The predicted octanol–water partition coefficient (Wildman–Crippen LogP) is 2.53. The normalized spacial score (nSPS) is 16.6. The van der Waals surface area contributed by atoms with Crippen LogP contribution in [-0.2, 0) is 9.47 Å². The lowest BCUT2D eigenvalue weighted by molar-refractivity contribution is -0.0408. The maximum Gasteiger partial charge on any atom is 0.170 e. The fraction of sp³-hybridized carbons (Fsp3) is 0.364. The second kappa shape index (κ2) is 5.03. The molecule has 1 saturated heterocycles. The van der Waals surface area contributed by atoms with Crippen LogP contribution in [0.4, 0.5) is 4.39 Å². The molecule has 1 aromatic carbocycles. The summed E-state index contributed by atoms with van der Waals surface area (Å²) in [6, 6.07) is 4.63. The Morgan fingerprint density at radius 3 is 2.81 bits per heavy atom. The number of ketones is 1. The Labute approximate surface area is 101 Å². The van der Waals surface area contributed by atoms with E-state index in [-0.39, 0.29) is 22.2 Å². The quantitative estimate of drug-likeness (QED) is 0.802. The van der Waals surface area contributed by atoms with Gasteiger partial charge in [-0.05, 0) is 28.1 Å². The molecule has 16 heavy (non-hydrogen) atoms. The van der Waals surface area contributed by atoms with Gasteiger partial charge in [0.2, 0.25) is 0 Å². The Balaban J connectivity index is 2.11. The molecule has 0 atom stereocenters. The number of halogens is 2. The van der Waals surface area contributed by atoms with E-state index in [0.717, 1.165) is 0 Å². The van der Waals surface area contributed by atoms with Crippen molar-refractivity contribution in [2.45, 2.75) is 12.7 Å². The summed E-state index contributed by atoms with van der Waals surface area (Å²) in [6.07, 6.45) is -0.487. The number of rotatable bonds is 3. The molecule has 0 bridgehead atoms. The highest BCUT2D eigenvalue weighted by atomic mass is 79.9. The highest BCUT2D eigenvalue weighted by Gasteiger charge is 2.22. The van der Waals surface area contributed by atoms with Gasteiger partial charge in [-0.2, -0.15) is 0 Å². The fourth-order valence-corrected chi connectivity index (χ4v) is 1.87. The predicted molar refractivity (Wildman–Crippen MR) is 58.7 cm³/mol. The molecule has 0 aliphatic carbocycles. The van der Waals surface area contributed by atoms with Crippen LogP contribution in [0.2, 0.25) is 0 Å². The van der Waals surface area contributed by atoms with E-state index in [2.05, 4.69) is 15.9 Å². The van der Waals surface area contributed by atoms with Gasteiger partial charge in [-0.15, -0.1) is 0 Å². The summed E-state index contributed by atoms with van der Waals surface area (Å²) < 4.78 is 24.1. The van der Waals surface area contributed by atoms with E-state index < -0.39 is 12.1 Å². The van der Waals surface area contributed by atoms with E-state index >= 15 is 0 Å². The van der Waals surface area contributed by atoms with E-state index in [1.807, 2.05) is 0 Å². The van der Waals surface area contributed by atoms with Gasteiger partial charge in [-0.1, -0.05) is 6.07 Å². The van der Waals surface area contributed by atoms with Crippen molar-refractivity contribution in [3.8, 4) is 0 Å². The summed E-state index contributed by atoms with van der Waals surface area (Å²) in [5.41, 5.74) is 0.0634. The molecule has 2 rings (SSSR count). The van der Waals surface area contributed by atoms with Gasteiger partial charge in [-0.25, -0.2) is 4.39 Å². The summed E-state index contributed by atoms with van der Waals surface area (Å²) in [5.74, 6) is -0.851. The molecule has 0 aromatic heterocycles. The second-order valence-electron chi connectivity index (χ2n) is 3.40. The summed E-state index contributed by atoms with van der Waals surface area (Å²) in [6.45, 7) is 0.970. The Morgan fingerprint density at radius 1 is 1.44 bits per heavy atom. The number of carbonyl (C=O) groups excluding carboxylic acids is 1. The van der Waals surface area contributed by atoms with Crippen LogP contribution in [-0.4, -0.2) is 25.3 Å². The molecule has 1 heterocycles. The maximum atomic E-state index is 13.6. The maximum absolute atomic E-state index is 13.6. The largest absolute Gasteiger partial charge is 0.350 e. The van der Waals surface area contributed by atoms with Crippen molar-refractivity contribution in [2.75, 3.05) is 13.2 Å². The standard InChI is InChI=1S/C11H10BrFO3/c12-8-3-1-2-7(11(8)13)9(14)6-10-15-4-5-16-10/h1-3,10H,4-6H2. The van der Waals surface area contributed by atoms with E-state index in [1.54, 1.807) is 12.1 Å². The third-order valence-corrected chi connectivity index (χ3v) is 2.91. The van der Waals surface area contributed by atoms with Crippen LogP contribution in [0.3, 0.4) is 0 Å². The molecular formula is C11H10BrFO3. The summed E-state index contributed by atoms with van der Waals surface area (Å²) in [7, 11) is 0. The second-order valence-corrected chi connectivity index (χ2v) is 4.25. The highest BCUT2D eigenvalue weighted by molar-refractivity contribution is 9.10. The first kappa shape index (κ1) is 11.7. The first-order valence-corrected chi connectivity index (χ1v) is 5.68. The van der Waals surface area contributed by atoms with E-state index in [1.165, 1.54) is 6.07 Å². The van der Waals surface area contributed by atoms with Crippen molar-refractivity contribution in [3.05, 3.63) is 34.1 Å². The zero-order valence-corrected chi connectivity index (χ0v) is 10.00. The van der Waals surface area contributed by atoms with Crippen molar-refractivity contribution < 1.29 is 18.7 Å². The lowest BCUT2D eigenvalue weighted by atomic mass is 10.1. The number of Topliss-reactive ketones (excluding diaryl/α,β-unsaturated/α-hetero) is 1. The minimum atomic E-state index is -0.537. The van der Waals surface area contributed by atoms with E-state index in [4.69, 9.17) is 9.47 Å². The van der Waals surface area contributed by atoms with Gasteiger partial charge >= 0.3 is 0 Å². The molecule has 0 N–H and O–H groups in total. The lowest BCUT2D eigenvalue weighted by Gasteiger charge is -2.08. The van der Waals surface area contributed by atoms with Crippen LogP contribution in [0.1, 0.15) is 16.8 Å². The third kappa shape index (κ3) is 2.48. The average Bonchev–Trinajstić information content (AvgIpc) is 2.74. The van der Waals surface area contributed by atoms with Crippen LogP contribution in [0.5, 0.6) is 0 Å². The summed E-state index contributed by atoms with van der Waals surface area (Å²) in [4.78, 5) is 11.8. The van der Waals surface area contributed by atoms with Gasteiger partial charge in [0, 0.05) is 0 Å². The Hall–Kier alpha value is -0.780. The minimum Gasteiger partial charge on any atom is -0.350 e. The number of ether oxygens (including phenoxy) is 2. The molecule has 5 heteroatoms.